The van der Waals surface area contributed by atoms with Crippen molar-refractivity contribution in [2.75, 3.05) is 26.9 Å². The molecule has 0 amide bonds. The highest BCUT2D eigenvalue weighted by molar-refractivity contribution is 7.47. The molecule has 3 aromatic rings. The van der Waals surface area contributed by atoms with Crippen molar-refractivity contribution in [2.24, 2.45) is 5.73 Å². The Hall–Kier alpha value is -3.77. The maximum Gasteiger partial charge on any atom is 0.472 e. The first-order valence-electron chi connectivity index (χ1n) is 13.0. The van der Waals surface area contributed by atoms with E-state index in [-0.39, 0.29) is 19.6 Å². The highest BCUT2D eigenvalue weighted by Gasteiger charge is 2.29. The van der Waals surface area contributed by atoms with Gasteiger partial charge >= 0.3 is 19.8 Å². The van der Waals surface area contributed by atoms with Gasteiger partial charge in [-0.1, -0.05) is 48.5 Å². The zero-order valence-corrected chi connectivity index (χ0v) is 23.9. The van der Waals surface area contributed by atoms with E-state index in [4.69, 9.17) is 34.3 Å². The molecule has 0 aromatic heterocycles. The van der Waals surface area contributed by atoms with Crippen molar-refractivity contribution in [3.8, 4) is 17.2 Å². The van der Waals surface area contributed by atoms with Gasteiger partial charge in [0.2, 0.25) is 0 Å². The largest absolute Gasteiger partial charge is 0.489 e. The third-order valence-electron chi connectivity index (χ3n) is 5.64. The van der Waals surface area contributed by atoms with Gasteiger partial charge in [0, 0.05) is 13.5 Å². The number of phosphoric ester groups is 1. The van der Waals surface area contributed by atoms with Gasteiger partial charge in [-0.25, -0.2) is 4.57 Å². The minimum absolute atomic E-state index is 0.00122. The van der Waals surface area contributed by atoms with Crippen LogP contribution in [0.1, 0.15) is 17.5 Å². The highest BCUT2D eigenvalue weighted by atomic mass is 31.2. The molecular weight excluding hydrogens is 569 g/mol. The van der Waals surface area contributed by atoms with Gasteiger partial charge in [-0.15, -0.1) is 0 Å². The van der Waals surface area contributed by atoms with E-state index in [1.54, 1.807) is 0 Å². The quantitative estimate of drug-likeness (QED) is 0.141. The van der Waals surface area contributed by atoms with Gasteiger partial charge in [-0.05, 0) is 47.9 Å². The topological polar surface area (TPSA) is 173 Å². The van der Waals surface area contributed by atoms with Crippen LogP contribution in [-0.4, -0.2) is 61.0 Å². The summed E-state index contributed by atoms with van der Waals surface area (Å²) in [6.07, 6.45) is -0.828. The predicted octanol–water partition coefficient (Wildman–Crippen LogP) is 4.09. The van der Waals surface area contributed by atoms with Crippen LogP contribution in [0.15, 0.2) is 78.9 Å². The summed E-state index contributed by atoms with van der Waals surface area (Å²) < 4.78 is 43.8. The lowest BCUT2D eigenvalue weighted by atomic mass is 10.1. The highest BCUT2D eigenvalue weighted by Crippen LogP contribution is 2.44. The number of carboxylic acid groups (broad SMARTS) is 1. The number of benzene rings is 3. The van der Waals surface area contributed by atoms with Gasteiger partial charge < -0.3 is 34.7 Å². The van der Waals surface area contributed by atoms with E-state index in [9.17, 15) is 19.0 Å². The second-order valence-corrected chi connectivity index (χ2v) is 10.4. The summed E-state index contributed by atoms with van der Waals surface area (Å²) in [4.78, 5) is 33.1. The number of aryl methyl sites for hydroxylation is 1. The molecule has 3 aromatic carbocycles. The molecular formula is C29H34NO11P. The number of nitrogens with two attached hydrogens (primary N) is 1. The molecule has 0 saturated carbocycles. The first kappa shape index (κ1) is 32.7. The second kappa shape index (κ2) is 16.6. The van der Waals surface area contributed by atoms with Crippen molar-refractivity contribution in [3.05, 3.63) is 90.0 Å². The number of aliphatic carboxylic acids is 1. The molecule has 4 N–H and O–H groups in total. The molecule has 3 unspecified atom stereocenters. The average Bonchev–Trinajstić information content (AvgIpc) is 2.97. The Kier molecular flexibility index (Phi) is 13.0. The third kappa shape index (κ3) is 11.6. The monoisotopic (exact) mass is 603 g/mol. The van der Waals surface area contributed by atoms with Gasteiger partial charge in [0.15, 0.2) is 0 Å². The van der Waals surface area contributed by atoms with Crippen molar-refractivity contribution in [1.82, 2.24) is 0 Å². The number of carboxylic acids is 1. The molecule has 3 rings (SSSR count). The Balaban J connectivity index is 1.49. The summed E-state index contributed by atoms with van der Waals surface area (Å²) in [6.45, 7) is -1.06. The molecule has 13 heteroatoms. The van der Waals surface area contributed by atoms with E-state index in [2.05, 4.69) is 4.52 Å². The van der Waals surface area contributed by atoms with Gasteiger partial charge in [0.1, 0.15) is 42.6 Å². The zero-order chi connectivity index (χ0) is 30.4. The molecule has 0 saturated heterocycles. The van der Waals surface area contributed by atoms with Crippen LogP contribution >= 0.6 is 7.82 Å². The minimum Gasteiger partial charge on any atom is -0.489 e. The lowest BCUT2D eigenvalue weighted by Gasteiger charge is -2.20. The zero-order valence-electron chi connectivity index (χ0n) is 23.0. The lowest BCUT2D eigenvalue weighted by molar-refractivity contribution is -0.147. The van der Waals surface area contributed by atoms with Crippen LogP contribution in [0.3, 0.4) is 0 Å². The van der Waals surface area contributed by atoms with Crippen molar-refractivity contribution in [2.45, 2.75) is 31.6 Å². The maximum absolute atomic E-state index is 12.4. The fourth-order valence-electron chi connectivity index (χ4n) is 3.59. The Morgan fingerprint density at radius 3 is 2.38 bits per heavy atom. The summed E-state index contributed by atoms with van der Waals surface area (Å²) in [7, 11) is -3.37. The first-order valence-corrected chi connectivity index (χ1v) is 14.5. The number of carbonyl (C=O) groups is 2. The van der Waals surface area contributed by atoms with E-state index < -0.39 is 45.1 Å². The number of hydrogen-bond donors (Lipinski definition) is 3. The molecule has 3 atom stereocenters. The normalized spacial score (nSPS) is 13.9. The van der Waals surface area contributed by atoms with Gasteiger partial charge in [-0.3, -0.25) is 18.6 Å². The van der Waals surface area contributed by atoms with Crippen molar-refractivity contribution < 1.29 is 52.1 Å². The smallest absolute Gasteiger partial charge is 0.472 e. The average molecular weight is 604 g/mol. The summed E-state index contributed by atoms with van der Waals surface area (Å²) in [5.74, 6) is 0.0289. The molecule has 0 fully saturated rings. The molecule has 226 valence electrons. The van der Waals surface area contributed by atoms with Crippen LogP contribution in [-0.2, 0) is 45.7 Å². The fourth-order valence-corrected chi connectivity index (χ4v) is 4.50. The van der Waals surface area contributed by atoms with E-state index >= 15 is 0 Å². The van der Waals surface area contributed by atoms with E-state index in [0.717, 1.165) is 16.9 Å². The summed E-state index contributed by atoms with van der Waals surface area (Å²) >= 11 is 0. The standard InChI is InChI=1S/C29H34NO11P/c1-36-18-25(41-42(34,35)39-20-26(30)29(32)33)19-38-28(31)15-14-22-9-5-6-13-27(22)37-17-21-8-7-12-24(16-21)40-23-10-3-2-4-11-23/h2-13,16,25-26H,14-15,17-20,30H2,1H3,(H,32,33)(H,34,35). The van der Waals surface area contributed by atoms with Crippen LogP contribution in [0.25, 0.3) is 0 Å². The minimum atomic E-state index is -4.70. The summed E-state index contributed by atoms with van der Waals surface area (Å²) in [6, 6.07) is 22.8. The van der Waals surface area contributed by atoms with Gasteiger partial charge in [0.05, 0.1) is 13.2 Å². The van der Waals surface area contributed by atoms with Crippen LogP contribution in [0, 0.1) is 0 Å². The van der Waals surface area contributed by atoms with Crippen molar-refractivity contribution in [3.63, 3.8) is 0 Å². The predicted molar refractivity (Wildman–Crippen MR) is 151 cm³/mol. The van der Waals surface area contributed by atoms with Gasteiger partial charge in [0.25, 0.3) is 0 Å². The molecule has 0 aliphatic rings. The number of rotatable bonds is 18. The van der Waals surface area contributed by atoms with Crippen LogP contribution in [0.4, 0.5) is 0 Å². The summed E-state index contributed by atoms with van der Waals surface area (Å²) in [5, 5.41) is 8.77. The number of methoxy groups -OCH3 is 1. The number of hydrogen-bond acceptors (Lipinski definition) is 10. The van der Waals surface area contributed by atoms with Crippen LogP contribution in [0.5, 0.6) is 17.2 Å². The number of carbonyl (C=O) groups excluding carboxylic acids is 1. The molecule has 0 aliphatic carbocycles. The van der Waals surface area contributed by atoms with E-state index in [1.165, 1.54) is 7.11 Å². The Morgan fingerprint density at radius 1 is 0.929 bits per heavy atom. The second-order valence-electron chi connectivity index (χ2n) is 9.03. The molecule has 0 radical (unpaired) electrons. The number of para-hydroxylation sites is 2. The molecule has 0 bridgehead atoms. The number of esters is 1. The van der Waals surface area contributed by atoms with Crippen LogP contribution < -0.4 is 15.2 Å². The van der Waals surface area contributed by atoms with Gasteiger partial charge in [-0.2, -0.15) is 0 Å². The number of ether oxygens (including phenoxy) is 4. The molecule has 42 heavy (non-hydrogen) atoms. The van der Waals surface area contributed by atoms with Crippen molar-refractivity contribution in [1.29, 1.82) is 0 Å². The Labute approximate surface area is 243 Å². The third-order valence-corrected chi connectivity index (χ3v) is 6.68. The molecule has 12 nitrogen and oxygen atoms in total. The molecule has 0 aliphatic heterocycles. The van der Waals surface area contributed by atoms with Crippen molar-refractivity contribution >= 4 is 19.8 Å². The van der Waals surface area contributed by atoms with E-state index in [1.807, 2.05) is 78.9 Å². The SMILES string of the molecule is COCC(COC(=O)CCc1ccccc1OCc1cccc(Oc2ccccc2)c1)OP(=O)(O)OCC(N)C(=O)O. The Bertz CT molecular complexity index is 1340. The fraction of sp³-hybridized carbons (Fsp3) is 0.310. The Morgan fingerprint density at radius 2 is 1.64 bits per heavy atom. The van der Waals surface area contributed by atoms with E-state index in [0.29, 0.717) is 17.9 Å². The molecule has 0 spiro atoms. The lowest BCUT2D eigenvalue weighted by Crippen LogP contribution is -2.35. The molecule has 0 heterocycles. The number of phosphoric acid groups is 1. The first-order chi connectivity index (χ1) is 20.1. The maximum atomic E-state index is 12.4. The van der Waals surface area contributed by atoms with Crippen LogP contribution in [0.2, 0.25) is 0 Å². The summed E-state index contributed by atoms with van der Waals surface area (Å²) in [5.41, 5.74) is 6.95.